The quantitative estimate of drug-likeness (QED) is 0.447. The highest BCUT2D eigenvalue weighted by Gasteiger charge is 2.37. The number of hydrogen-bond donors (Lipinski definition) is 0. The number of fused-ring (bicyclic) bond motifs is 2. The molecule has 10 heteroatoms. The Kier molecular flexibility index (Phi) is 5.97. The minimum atomic E-state index is -0.506. The van der Waals surface area contributed by atoms with E-state index in [0.29, 0.717) is 11.1 Å². The van der Waals surface area contributed by atoms with E-state index in [-0.39, 0.29) is 48.6 Å². The topological polar surface area (TPSA) is 127 Å². The number of nitrogens with zero attached hydrogens (tertiary/aromatic N) is 2. The van der Waals surface area contributed by atoms with Crippen molar-refractivity contribution in [3.8, 4) is 11.1 Å². The van der Waals surface area contributed by atoms with Gasteiger partial charge >= 0.3 is 11.9 Å². The molecule has 2 aliphatic rings. The summed E-state index contributed by atoms with van der Waals surface area (Å²) in [6.45, 7) is 2.18. The molecule has 0 fully saturated rings. The third-order valence-corrected chi connectivity index (χ3v) is 5.52. The Morgan fingerprint density at radius 3 is 1.32 bits per heavy atom. The van der Waals surface area contributed by atoms with Crippen LogP contribution in [0.4, 0.5) is 0 Å². The number of benzene rings is 2. The lowest BCUT2D eigenvalue weighted by atomic mass is 9.97. The molecule has 2 aromatic carbocycles. The lowest BCUT2D eigenvalue weighted by Gasteiger charge is -2.13. The second kappa shape index (κ2) is 8.89. The fraction of sp³-hybridized carbons (Fsp3) is 0.250. The third kappa shape index (κ3) is 4.05. The van der Waals surface area contributed by atoms with E-state index >= 15 is 0 Å². The van der Waals surface area contributed by atoms with Gasteiger partial charge in [0.15, 0.2) is 0 Å². The molecule has 0 N–H and O–H groups in total. The van der Waals surface area contributed by atoms with Crippen molar-refractivity contribution in [1.29, 1.82) is 0 Å². The normalized spacial score (nSPS) is 14.4. The standard InChI is InChI=1S/C24H20N2O8/c1-13(27)33-9-7-25-21(29)17-5-3-15(11-19(17)23(25)31)16-4-6-18-20(12-16)24(32)26(22(18)30)8-10-34-14(2)28/h3-6,11-12H,7-10H2,1-2H3. The van der Waals surface area contributed by atoms with Crippen LogP contribution in [0.3, 0.4) is 0 Å². The summed E-state index contributed by atoms with van der Waals surface area (Å²) in [6, 6.07) is 9.48. The SMILES string of the molecule is CC(=O)OCCN1C(=O)c2ccc(-c3ccc4c(c3)C(=O)N(CCOC(C)=O)C4=O)cc2C1=O. The molecular weight excluding hydrogens is 444 g/mol. The van der Waals surface area contributed by atoms with Gasteiger partial charge in [-0.3, -0.25) is 38.6 Å². The molecule has 0 saturated heterocycles. The second-order valence-electron chi connectivity index (χ2n) is 7.72. The Hall–Kier alpha value is -4.34. The highest BCUT2D eigenvalue weighted by Crippen LogP contribution is 2.32. The Balaban J connectivity index is 1.56. The van der Waals surface area contributed by atoms with Crippen molar-refractivity contribution >= 4 is 35.6 Å². The molecule has 2 heterocycles. The second-order valence-corrected chi connectivity index (χ2v) is 7.72. The summed E-state index contributed by atoms with van der Waals surface area (Å²) in [5.74, 6) is -2.97. The molecule has 0 unspecified atom stereocenters. The summed E-state index contributed by atoms with van der Waals surface area (Å²) >= 11 is 0. The van der Waals surface area contributed by atoms with Gasteiger partial charge < -0.3 is 9.47 Å². The molecule has 34 heavy (non-hydrogen) atoms. The molecule has 174 valence electrons. The predicted octanol–water partition coefficient (Wildman–Crippen LogP) is 1.67. The zero-order valence-corrected chi connectivity index (χ0v) is 18.5. The lowest BCUT2D eigenvalue weighted by Crippen LogP contribution is -2.33. The van der Waals surface area contributed by atoms with Gasteiger partial charge in [0.05, 0.1) is 35.3 Å². The molecule has 0 bridgehead atoms. The summed E-state index contributed by atoms with van der Waals surface area (Å²) in [4.78, 5) is 74.6. The van der Waals surface area contributed by atoms with Gasteiger partial charge in [-0.05, 0) is 35.4 Å². The number of imide groups is 2. The van der Waals surface area contributed by atoms with Crippen molar-refractivity contribution in [2.24, 2.45) is 0 Å². The van der Waals surface area contributed by atoms with Crippen LogP contribution in [-0.4, -0.2) is 71.7 Å². The largest absolute Gasteiger partial charge is 0.464 e. The van der Waals surface area contributed by atoms with Gasteiger partial charge in [-0.15, -0.1) is 0 Å². The fourth-order valence-electron chi connectivity index (χ4n) is 3.91. The van der Waals surface area contributed by atoms with Crippen LogP contribution in [0, 0.1) is 0 Å². The van der Waals surface area contributed by atoms with Crippen LogP contribution in [0.1, 0.15) is 55.3 Å². The van der Waals surface area contributed by atoms with E-state index in [9.17, 15) is 28.8 Å². The van der Waals surface area contributed by atoms with Gasteiger partial charge in [-0.1, -0.05) is 12.1 Å². The summed E-state index contributed by atoms with van der Waals surface area (Å²) in [7, 11) is 0. The number of amides is 4. The number of hydrogen-bond acceptors (Lipinski definition) is 8. The molecule has 4 rings (SSSR count). The van der Waals surface area contributed by atoms with Crippen molar-refractivity contribution in [1.82, 2.24) is 9.80 Å². The molecule has 2 aliphatic heterocycles. The zero-order chi connectivity index (χ0) is 24.6. The first kappa shape index (κ1) is 22.8. The molecule has 0 aromatic heterocycles. The van der Waals surface area contributed by atoms with Gasteiger partial charge in [-0.2, -0.15) is 0 Å². The number of esters is 2. The third-order valence-electron chi connectivity index (χ3n) is 5.52. The first-order valence-corrected chi connectivity index (χ1v) is 10.5. The number of carbonyl (C=O) groups is 6. The fourth-order valence-corrected chi connectivity index (χ4v) is 3.91. The Morgan fingerprint density at radius 1 is 0.618 bits per heavy atom. The van der Waals surface area contributed by atoms with Crippen molar-refractivity contribution in [3.63, 3.8) is 0 Å². The lowest BCUT2D eigenvalue weighted by molar-refractivity contribution is -0.142. The Bertz CT molecular complexity index is 1170. The number of rotatable bonds is 7. The van der Waals surface area contributed by atoms with Crippen LogP contribution < -0.4 is 0 Å². The van der Waals surface area contributed by atoms with Crippen molar-refractivity contribution in [2.75, 3.05) is 26.3 Å². The molecule has 2 aromatic rings. The van der Waals surface area contributed by atoms with Crippen LogP contribution >= 0.6 is 0 Å². The van der Waals surface area contributed by atoms with Crippen LogP contribution in [0.15, 0.2) is 36.4 Å². The minimum Gasteiger partial charge on any atom is -0.464 e. The maximum atomic E-state index is 12.8. The van der Waals surface area contributed by atoms with Crippen LogP contribution in [0.5, 0.6) is 0 Å². The highest BCUT2D eigenvalue weighted by molar-refractivity contribution is 6.23. The van der Waals surface area contributed by atoms with E-state index in [4.69, 9.17) is 9.47 Å². The van der Waals surface area contributed by atoms with Gasteiger partial charge in [-0.25, -0.2) is 0 Å². The van der Waals surface area contributed by atoms with E-state index in [1.165, 1.54) is 26.0 Å². The first-order valence-electron chi connectivity index (χ1n) is 10.5. The summed E-state index contributed by atoms with van der Waals surface area (Å²) in [5, 5.41) is 0. The summed E-state index contributed by atoms with van der Waals surface area (Å²) in [6.07, 6.45) is 0. The molecule has 10 nitrogen and oxygen atoms in total. The molecule has 0 aliphatic carbocycles. The van der Waals surface area contributed by atoms with Crippen LogP contribution in [0.25, 0.3) is 11.1 Å². The van der Waals surface area contributed by atoms with E-state index in [1.807, 2.05) is 0 Å². The summed E-state index contributed by atoms with van der Waals surface area (Å²) in [5.41, 5.74) is 2.06. The maximum absolute atomic E-state index is 12.8. The zero-order valence-electron chi connectivity index (χ0n) is 18.5. The van der Waals surface area contributed by atoms with Crippen LogP contribution in [0.2, 0.25) is 0 Å². The van der Waals surface area contributed by atoms with Gasteiger partial charge in [0, 0.05) is 13.8 Å². The number of carbonyl (C=O) groups excluding carboxylic acids is 6. The Labute approximate surface area is 194 Å². The van der Waals surface area contributed by atoms with Crippen LogP contribution in [-0.2, 0) is 19.1 Å². The molecular formula is C24H20N2O8. The van der Waals surface area contributed by atoms with E-state index in [0.717, 1.165) is 9.80 Å². The highest BCUT2D eigenvalue weighted by atomic mass is 16.5. The first-order chi connectivity index (χ1) is 16.2. The maximum Gasteiger partial charge on any atom is 0.302 e. The van der Waals surface area contributed by atoms with Gasteiger partial charge in [0.1, 0.15) is 13.2 Å². The average Bonchev–Trinajstić information content (AvgIpc) is 3.18. The molecule has 0 saturated carbocycles. The molecule has 4 amide bonds. The van der Waals surface area contributed by atoms with Crippen molar-refractivity contribution in [2.45, 2.75) is 13.8 Å². The van der Waals surface area contributed by atoms with Crippen molar-refractivity contribution < 1.29 is 38.2 Å². The summed E-state index contributed by atoms with van der Waals surface area (Å²) < 4.78 is 9.65. The average molecular weight is 464 g/mol. The monoisotopic (exact) mass is 464 g/mol. The molecule has 0 radical (unpaired) electrons. The molecule has 0 atom stereocenters. The van der Waals surface area contributed by atoms with Gasteiger partial charge in [0.25, 0.3) is 23.6 Å². The smallest absolute Gasteiger partial charge is 0.302 e. The van der Waals surface area contributed by atoms with E-state index in [1.54, 1.807) is 24.3 Å². The minimum absolute atomic E-state index is 0.0557. The van der Waals surface area contributed by atoms with Gasteiger partial charge in [0.2, 0.25) is 0 Å². The molecule has 0 spiro atoms. The number of ether oxygens (including phenoxy) is 2. The van der Waals surface area contributed by atoms with E-state index in [2.05, 4.69) is 0 Å². The van der Waals surface area contributed by atoms with Crippen molar-refractivity contribution in [3.05, 3.63) is 58.7 Å². The Morgan fingerprint density at radius 2 is 0.971 bits per heavy atom. The predicted molar refractivity (Wildman–Crippen MR) is 116 cm³/mol. The van der Waals surface area contributed by atoms with E-state index < -0.39 is 35.6 Å².